The molecule has 0 N–H and O–H groups in total. The molecular formula is C18H23N3O2S. The van der Waals surface area contributed by atoms with Crippen LogP contribution in [0.2, 0.25) is 0 Å². The van der Waals surface area contributed by atoms with Crippen LogP contribution in [-0.2, 0) is 11.2 Å². The van der Waals surface area contributed by atoms with Crippen LogP contribution >= 0.6 is 11.3 Å². The van der Waals surface area contributed by atoms with E-state index in [0.717, 1.165) is 24.4 Å². The first-order valence-corrected chi connectivity index (χ1v) is 9.90. The number of carbonyl (C=O) groups is 1. The molecule has 2 atom stereocenters. The van der Waals surface area contributed by atoms with E-state index in [2.05, 4.69) is 15.1 Å². The van der Waals surface area contributed by atoms with Crippen LogP contribution in [0.25, 0.3) is 11.5 Å². The highest BCUT2D eigenvalue weighted by Gasteiger charge is 2.35. The first-order valence-electron chi connectivity index (χ1n) is 8.95. The van der Waals surface area contributed by atoms with Crippen LogP contribution < -0.4 is 0 Å². The molecule has 24 heavy (non-hydrogen) atoms. The molecule has 5 nitrogen and oxygen atoms in total. The van der Waals surface area contributed by atoms with E-state index in [1.54, 1.807) is 11.3 Å². The average Bonchev–Trinajstić information content (AvgIpc) is 3.30. The summed E-state index contributed by atoms with van der Waals surface area (Å²) in [6, 6.07) is 2.44. The predicted octanol–water partition coefficient (Wildman–Crippen LogP) is 3.91. The maximum absolute atomic E-state index is 12.7. The van der Waals surface area contributed by atoms with Gasteiger partial charge in [0.05, 0.1) is 0 Å². The monoisotopic (exact) mass is 345 g/mol. The number of likely N-dealkylation sites (tertiary alicyclic amines) is 1. The quantitative estimate of drug-likeness (QED) is 0.843. The Bertz CT molecular complexity index is 680. The van der Waals surface area contributed by atoms with Gasteiger partial charge in [-0.2, -0.15) is 11.3 Å². The molecule has 0 aromatic carbocycles. The number of fused-ring (bicyclic) bond motifs is 1. The van der Waals surface area contributed by atoms with Crippen LogP contribution in [0, 0.1) is 5.92 Å². The van der Waals surface area contributed by atoms with Crippen LogP contribution in [0.5, 0.6) is 0 Å². The van der Waals surface area contributed by atoms with Crippen molar-refractivity contribution in [2.45, 2.75) is 57.4 Å². The van der Waals surface area contributed by atoms with Crippen LogP contribution in [0.1, 0.15) is 50.8 Å². The summed E-state index contributed by atoms with van der Waals surface area (Å²) in [5, 5.41) is 12.1. The molecule has 128 valence electrons. The van der Waals surface area contributed by atoms with E-state index in [-0.39, 0.29) is 5.91 Å². The molecule has 1 aliphatic heterocycles. The number of piperidine rings is 1. The molecule has 2 aromatic rings. The predicted molar refractivity (Wildman–Crippen MR) is 92.6 cm³/mol. The number of rotatable bonds is 4. The Labute approximate surface area is 146 Å². The molecule has 0 spiro atoms. The van der Waals surface area contributed by atoms with Crippen molar-refractivity contribution in [2.75, 3.05) is 6.54 Å². The molecule has 0 bridgehead atoms. The van der Waals surface area contributed by atoms with Crippen LogP contribution in [0.3, 0.4) is 0 Å². The van der Waals surface area contributed by atoms with Crippen molar-refractivity contribution in [2.24, 2.45) is 5.92 Å². The van der Waals surface area contributed by atoms with Gasteiger partial charge in [-0.05, 0) is 43.0 Å². The van der Waals surface area contributed by atoms with Crippen molar-refractivity contribution in [1.29, 1.82) is 0 Å². The van der Waals surface area contributed by atoms with E-state index >= 15 is 0 Å². The van der Waals surface area contributed by atoms with Crippen LogP contribution in [0.4, 0.5) is 0 Å². The summed E-state index contributed by atoms with van der Waals surface area (Å²) in [5.74, 6) is 2.08. The van der Waals surface area contributed by atoms with Crippen LogP contribution in [-0.4, -0.2) is 33.6 Å². The standard InChI is InChI=1S/C18H23N3O2S/c22-17(21-10-3-5-13-4-1-2-6-15(13)21)8-7-16-19-20-18(23-16)14-9-11-24-12-14/h9,11-13,15H,1-8,10H2. The normalized spacial score (nSPS) is 23.9. The minimum Gasteiger partial charge on any atom is -0.421 e. The molecule has 6 heteroatoms. The van der Waals surface area contributed by atoms with Crippen molar-refractivity contribution in [3.05, 3.63) is 22.7 Å². The molecule has 2 aromatic heterocycles. The maximum Gasteiger partial charge on any atom is 0.248 e. The largest absolute Gasteiger partial charge is 0.421 e. The highest BCUT2D eigenvalue weighted by Crippen LogP contribution is 2.35. The second-order valence-electron chi connectivity index (χ2n) is 6.85. The SMILES string of the molecule is O=C(CCc1nnc(-c2ccsc2)o1)N1CCCC2CCCCC21. The lowest BCUT2D eigenvalue weighted by Gasteiger charge is -2.44. The molecule has 0 radical (unpaired) electrons. The Morgan fingerprint density at radius 3 is 3.00 bits per heavy atom. The number of hydrogen-bond donors (Lipinski definition) is 0. The van der Waals surface area contributed by atoms with E-state index in [1.165, 1.54) is 32.1 Å². The summed E-state index contributed by atoms with van der Waals surface area (Å²) in [5.41, 5.74) is 0.950. The number of amides is 1. The lowest BCUT2D eigenvalue weighted by atomic mass is 9.78. The van der Waals surface area contributed by atoms with Gasteiger partial charge in [0.2, 0.25) is 17.7 Å². The van der Waals surface area contributed by atoms with Crippen molar-refractivity contribution >= 4 is 17.2 Å². The number of hydrogen-bond acceptors (Lipinski definition) is 5. The van der Waals surface area contributed by atoms with Gasteiger partial charge in [0, 0.05) is 36.4 Å². The topological polar surface area (TPSA) is 59.2 Å². The lowest BCUT2D eigenvalue weighted by molar-refractivity contribution is -0.137. The third-order valence-electron chi connectivity index (χ3n) is 5.35. The minimum atomic E-state index is 0.252. The highest BCUT2D eigenvalue weighted by molar-refractivity contribution is 7.08. The smallest absolute Gasteiger partial charge is 0.248 e. The van der Waals surface area contributed by atoms with Crippen molar-refractivity contribution in [3.8, 4) is 11.5 Å². The Kier molecular flexibility index (Phi) is 4.65. The van der Waals surface area contributed by atoms with E-state index in [9.17, 15) is 4.79 Å². The second kappa shape index (κ2) is 7.05. The highest BCUT2D eigenvalue weighted by atomic mass is 32.1. The molecule has 1 amide bonds. The molecule has 1 aliphatic carbocycles. The molecule has 3 heterocycles. The zero-order valence-electron chi connectivity index (χ0n) is 13.8. The van der Waals surface area contributed by atoms with Crippen LogP contribution in [0.15, 0.2) is 21.2 Å². The Morgan fingerprint density at radius 1 is 1.25 bits per heavy atom. The molecule has 1 saturated carbocycles. The zero-order valence-corrected chi connectivity index (χ0v) is 14.6. The van der Waals surface area contributed by atoms with Gasteiger partial charge in [-0.25, -0.2) is 0 Å². The summed E-state index contributed by atoms with van der Waals surface area (Å²) in [4.78, 5) is 14.8. The van der Waals surface area contributed by atoms with Crippen molar-refractivity contribution in [3.63, 3.8) is 0 Å². The third kappa shape index (κ3) is 3.24. The fraction of sp³-hybridized carbons (Fsp3) is 0.611. The van der Waals surface area contributed by atoms with E-state index < -0.39 is 0 Å². The summed E-state index contributed by atoms with van der Waals surface area (Å²) in [6.45, 7) is 0.921. The van der Waals surface area contributed by atoms with Crippen molar-refractivity contribution < 1.29 is 9.21 Å². The van der Waals surface area contributed by atoms with Crippen molar-refractivity contribution in [1.82, 2.24) is 15.1 Å². The molecule has 2 aliphatic rings. The van der Waals surface area contributed by atoms with Gasteiger partial charge in [0.1, 0.15) is 0 Å². The molecule has 2 unspecified atom stereocenters. The first-order chi connectivity index (χ1) is 11.8. The van der Waals surface area contributed by atoms with E-state index in [0.29, 0.717) is 30.7 Å². The Balaban J connectivity index is 1.36. The van der Waals surface area contributed by atoms with Gasteiger partial charge in [0.25, 0.3) is 0 Å². The Morgan fingerprint density at radius 2 is 2.12 bits per heavy atom. The van der Waals surface area contributed by atoms with Gasteiger partial charge in [-0.1, -0.05) is 12.8 Å². The zero-order chi connectivity index (χ0) is 16.4. The summed E-state index contributed by atoms with van der Waals surface area (Å²) in [7, 11) is 0. The lowest BCUT2D eigenvalue weighted by Crippen LogP contribution is -2.49. The van der Waals surface area contributed by atoms with E-state index in [4.69, 9.17) is 4.42 Å². The molecule has 1 saturated heterocycles. The Hall–Kier alpha value is -1.69. The maximum atomic E-state index is 12.7. The fourth-order valence-corrected chi connectivity index (χ4v) is 4.78. The summed E-state index contributed by atoms with van der Waals surface area (Å²) >= 11 is 1.60. The van der Waals surface area contributed by atoms with E-state index in [1.807, 2.05) is 16.8 Å². The van der Waals surface area contributed by atoms with Gasteiger partial charge in [0.15, 0.2) is 0 Å². The summed E-state index contributed by atoms with van der Waals surface area (Å²) in [6.07, 6.45) is 8.51. The summed E-state index contributed by atoms with van der Waals surface area (Å²) < 4.78 is 5.69. The van der Waals surface area contributed by atoms with Gasteiger partial charge in [-0.3, -0.25) is 4.79 Å². The fourth-order valence-electron chi connectivity index (χ4n) is 4.15. The van der Waals surface area contributed by atoms with Gasteiger partial charge >= 0.3 is 0 Å². The van der Waals surface area contributed by atoms with Gasteiger partial charge < -0.3 is 9.32 Å². The number of aryl methyl sites for hydroxylation is 1. The molecule has 2 fully saturated rings. The average molecular weight is 345 g/mol. The van der Waals surface area contributed by atoms with Gasteiger partial charge in [-0.15, -0.1) is 10.2 Å². The minimum absolute atomic E-state index is 0.252. The number of thiophene rings is 1. The number of nitrogens with zero attached hydrogens (tertiary/aromatic N) is 3. The third-order valence-corrected chi connectivity index (χ3v) is 6.03. The number of carbonyl (C=O) groups excluding carboxylic acids is 1. The number of aromatic nitrogens is 2. The molecule has 4 rings (SSSR count). The molecular weight excluding hydrogens is 322 g/mol. The second-order valence-corrected chi connectivity index (χ2v) is 7.63. The first kappa shape index (κ1) is 15.8.